The summed E-state index contributed by atoms with van der Waals surface area (Å²) in [5, 5.41) is 31.3. The third kappa shape index (κ3) is 10.9. The van der Waals surface area contributed by atoms with Crippen molar-refractivity contribution < 1.29 is 33.0 Å². The minimum absolute atomic E-state index is 0.0658. The van der Waals surface area contributed by atoms with Crippen LogP contribution in [0.5, 0.6) is 0 Å². The van der Waals surface area contributed by atoms with Crippen LogP contribution in [-0.4, -0.2) is 123 Å². The Hall–Kier alpha value is -3.63. The zero-order valence-corrected chi connectivity index (χ0v) is 25.2. The number of benzene rings is 1. The molecule has 3 fully saturated rings. The Labute approximate surface area is 252 Å². The fraction of sp³-hybridized carbons (Fsp3) is 0.630. The van der Waals surface area contributed by atoms with Gasteiger partial charge in [0.05, 0.1) is 4.90 Å². The molecule has 1 aromatic rings. The summed E-state index contributed by atoms with van der Waals surface area (Å²) in [5.74, 6) is 0.712. The average Bonchev–Trinajstić information content (AvgIpc) is 3.01. The van der Waals surface area contributed by atoms with Crippen molar-refractivity contribution in [3.63, 3.8) is 0 Å². The van der Waals surface area contributed by atoms with Crippen molar-refractivity contribution >= 4 is 34.1 Å². The van der Waals surface area contributed by atoms with Gasteiger partial charge in [0.15, 0.2) is 0 Å². The van der Waals surface area contributed by atoms with Gasteiger partial charge >= 0.3 is 18.2 Å². The minimum Gasteiger partial charge on any atom is -0.465 e. The molecule has 0 aromatic heterocycles. The lowest BCUT2D eigenvalue weighted by Gasteiger charge is -2.33. The molecular weight excluding hydrogens is 580 g/mol. The van der Waals surface area contributed by atoms with E-state index >= 15 is 0 Å². The monoisotopic (exact) mass is 624 g/mol. The maximum absolute atomic E-state index is 12.2. The smallest absolute Gasteiger partial charge is 0.407 e. The van der Waals surface area contributed by atoms with Crippen molar-refractivity contribution in [1.29, 1.82) is 5.41 Å². The van der Waals surface area contributed by atoms with E-state index in [-0.39, 0.29) is 29.2 Å². The van der Waals surface area contributed by atoms with Crippen LogP contribution in [0.4, 0.5) is 14.4 Å². The molecule has 43 heavy (non-hydrogen) atoms. The largest absolute Gasteiger partial charge is 0.465 e. The molecule has 0 spiro atoms. The van der Waals surface area contributed by atoms with Gasteiger partial charge in [-0.2, -0.15) is 0 Å². The fourth-order valence-electron chi connectivity index (χ4n) is 5.22. The van der Waals surface area contributed by atoms with Gasteiger partial charge in [-0.1, -0.05) is 0 Å². The van der Waals surface area contributed by atoms with E-state index in [4.69, 9.17) is 21.4 Å². The number of nitrogens with one attached hydrogen (secondary N) is 4. The Morgan fingerprint density at radius 3 is 1.93 bits per heavy atom. The molecule has 4 amide bonds. The van der Waals surface area contributed by atoms with Crippen molar-refractivity contribution in [2.45, 2.75) is 37.0 Å². The molecule has 3 aliphatic heterocycles. The van der Waals surface area contributed by atoms with Gasteiger partial charge in [0, 0.05) is 57.9 Å². The number of piperazine rings is 1. The van der Waals surface area contributed by atoms with E-state index in [9.17, 15) is 22.8 Å². The van der Waals surface area contributed by atoms with E-state index in [1.54, 1.807) is 4.90 Å². The highest BCUT2D eigenvalue weighted by atomic mass is 32.2. The first-order chi connectivity index (χ1) is 20.5. The van der Waals surface area contributed by atoms with Gasteiger partial charge in [-0.3, -0.25) is 5.41 Å². The fourth-order valence-corrected chi connectivity index (χ4v) is 6.34. The summed E-state index contributed by atoms with van der Waals surface area (Å²) in [6, 6.07) is 5.73. The molecule has 3 heterocycles. The second-order valence-electron chi connectivity index (χ2n) is 11.0. The number of carbonyl (C=O) groups excluding carboxylic acids is 1. The third-order valence-electron chi connectivity index (χ3n) is 8.05. The first-order valence-corrected chi connectivity index (χ1v) is 16.1. The predicted octanol–water partition coefficient (Wildman–Crippen LogP) is 1.02. The van der Waals surface area contributed by atoms with E-state index in [0.717, 1.165) is 19.5 Å². The molecule has 16 heteroatoms. The van der Waals surface area contributed by atoms with Gasteiger partial charge in [0.1, 0.15) is 5.84 Å². The van der Waals surface area contributed by atoms with Crippen molar-refractivity contribution in [3.05, 3.63) is 29.8 Å². The van der Waals surface area contributed by atoms with E-state index in [0.29, 0.717) is 70.1 Å². The summed E-state index contributed by atoms with van der Waals surface area (Å²) in [4.78, 5) is 38.1. The number of piperidine rings is 2. The Morgan fingerprint density at radius 1 is 0.860 bits per heavy atom. The van der Waals surface area contributed by atoms with E-state index in [1.165, 1.54) is 46.9 Å². The van der Waals surface area contributed by atoms with Crippen molar-refractivity contribution in [2.75, 3.05) is 65.4 Å². The molecule has 15 nitrogen and oxygen atoms in total. The van der Waals surface area contributed by atoms with Crippen LogP contribution in [0.25, 0.3) is 0 Å². The highest BCUT2D eigenvalue weighted by molar-refractivity contribution is 7.89. The number of carboxylic acid groups (broad SMARTS) is 2. The van der Waals surface area contributed by atoms with Crippen LogP contribution in [0.2, 0.25) is 0 Å². The molecule has 3 aliphatic rings. The summed E-state index contributed by atoms with van der Waals surface area (Å²) < 4.78 is 27.0. The zero-order chi connectivity index (χ0) is 31.4. The van der Waals surface area contributed by atoms with Gasteiger partial charge in [-0.25, -0.2) is 27.5 Å². The number of likely N-dealkylation sites (tertiary alicyclic amines) is 1. The minimum atomic E-state index is -3.62. The first kappa shape index (κ1) is 33.9. The SMILES string of the molecule is N=C(N)c1ccc(S(=O)(=O)NCC2CCN(C(=O)O)CC2)cc1.O=C(O)N1CCN(C(=O)NCCC2CCNCC2)CC1. The first-order valence-electron chi connectivity index (χ1n) is 14.6. The molecule has 0 atom stereocenters. The molecule has 3 saturated heterocycles. The molecule has 1 aromatic carbocycles. The second-order valence-corrected chi connectivity index (χ2v) is 12.7. The van der Waals surface area contributed by atoms with Crippen LogP contribution in [-0.2, 0) is 10.0 Å². The quantitative estimate of drug-likeness (QED) is 0.162. The number of hydrogen-bond donors (Lipinski definition) is 7. The topological polar surface area (TPSA) is 221 Å². The van der Waals surface area contributed by atoms with Crippen LogP contribution < -0.4 is 21.1 Å². The number of sulfonamides is 1. The molecule has 8 N–H and O–H groups in total. The third-order valence-corrected chi connectivity index (χ3v) is 9.49. The Bertz CT molecular complexity index is 1190. The summed E-state index contributed by atoms with van der Waals surface area (Å²) in [7, 11) is -3.62. The van der Waals surface area contributed by atoms with Crippen molar-refractivity contribution in [1.82, 2.24) is 30.1 Å². The number of nitrogens with two attached hydrogens (primary N) is 1. The van der Waals surface area contributed by atoms with Crippen LogP contribution in [0.1, 0.15) is 37.7 Å². The summed E-state index contributed by atoms with van der Waals surface area (Å²) in [5.41, 5.74) is 5.80. The lowest BCUT2D eigenvalue weighted by molar-refractivity contribution is 0.111. The molecule has 0 saturated carbocycles. The molecular formula is C27H44N8O7S. The van der Waals surface area contributed by atoms with Gasteiger partial charge < -0.3 is 41.3 Å². The Kier molecular flexibility index (Phi) is 12.8. The Balaban J connectivity index is 0.000000238. The lowest BCUT2D eigenvalue weighted by Crippen LogP contribution is -2.53. The number of hydrogen-bond acceptors (Lipinski definition) is 7. The number of urea groups is 1. The highest BCUT2D eigenvalue weighted by Crippen LogP contribution is 2.18. The zero-order valence-electron chi connectivity index (χ0n) is 24.3. The van der Waals surface area contributed by atoms with Crippen LogP contribution in [0.3, 0.4) is 0 Å². The summed E-state index contributed by atoms with van der Waals surface area (Å²) in [6.45, 7) is 5.76. The molecule has 4 rings (SSSR count). The van der Waals surface area contributed by atoms with Crippen LogP contribution in [0, 0.1) is 17.2 Å². The van der Waals surface area contributed by atoms with Crippen LogP contribution >= 0.6 is 0 Å². The van der Waals surface area contributed by atoms with E-state index in [1.807, 2.05) is 0 Å². The predicted molar refractivity (Wildman–Crippen MR) is 160 cm³/mol. The average molecular weight is 625 g/mol. The summed E-state index contributed by atoms with van der Waals surface area (Å²) >= 11 is 0. The molecule has 0 radical (unpaired) electrons. The maximum Gasteiger partial charge on any atom is 0.407 e. The number of amidine groups is 1. The number of amides is 4. The van der Waals surface area contributed by atoms with E-state index < -0.39 is 22.2 Å². The number of nitrogen functional groups attached to an aromatic ring is 1. The normalized spacial score (nSPS) is 18.4. The second kappa shape index (κ2) is 16.3. The highest BCUT2D eigenvalue weighted by Gasteiger charge is 2.25. The number of carbonyl (C=O) groups is 3. The molecule has 0 aliphatic carbocycles. The Morgan fingerprint density at radius 2 is 1.40 bits per heavy atom. The lowest BCUT2D eigenvalue weighted by atomic mass is 9.95. The van der Waals surface area contributed by atoms with Gasteiger partial charge in [-0.15, -0.1) is 0 Å². The molecule has 0 bridgehead atoms. The van der Waals surface area contributed by atoms with Crippen molar-refractivity contribution in [3.8, 4) is 0 Å². The van der Waals surface area contributed by atoms with Gasteiger partial charge in [0.25, 0.3) is 0 Å². The van der Waals surface area contributed by atoms with Gasteiger partial charge in [-0.05, 0) is 81.3 Å². The number of rotatable bonds is 8. The standard InChI is InChI=1S/C14H20N4O4S.C13H24N4O3/c15-13(16)11-1-3-12(4-2-11)23(21,22)17-9-10-5-7-18(8-6-10)14(19)20;18-12(15-6-3-11-1-4-14-5-2-11)16-7-9-17(10-8-16)13(19)20/h1-4,10,17H,5-9H2,(H3,15,16)(H,19,20);11,14H,1-10H2,(H,15,18)(H,19,20). The summed E-state index contributed by atoms with van der Waals surface area (Å²) in [6.07, 6.45) is 2.84. The van der Waals surface area contributed by atoms with Crippen LogP contribution in [0.15, 0.2) is 29.2 Å². The maximum atomic E-state index is 12.2. The van der Waals surface area contributed by atoms with Gasteiger partial charge in [0.2, 0.25) is 10.0 Å². The van der Waals surface area contributed by atoms with E-state index in [2.05, 4.69) is 15.4 Å². The molecule has 0 unspecified atom stereocenters. The molecule has 240 valence electrons. The number of nitrogens with zero attached hydrogens (tertiary/aromatic N) is 3. The van der Waals surface area contributed by atoms with Crippen molar-refractivity contribution in [2.24, 2.45) is 17.6 Å².